The van der Waals surface area contributed by atoms with E-state index in [1.165, 1.54) is 14.7 Å². The van der Waals surface area contributed by atoms with Gasteiger partial charge in [0, 0.05) is 63.2 Å². The van der Waals surface area contributed by atoms with Crippen LogP contribution in [0.3, 0.4) is 0 Å². The van der Waals surface area contributed by atoms with E-state index >= 15 is 0 Å². The van der Waals surface area contributed by atoms with E-state index in [4.69, 9.17) is 0 Å². The van der Waals surface area contributed by atoms with E-state index in [0.29, 0.717) is 11.4 Å². The van der Waals surface area contributed by atoms with Crippen LogP contribution >= 0.6 is 0 Å². The Morgan fingerprint density at radius 1 is 0.565 bits per heavy atom. The van der Waals surface area contributed by atoms with Crippen LogP contribution in [0.5, 0.6) is 0 Å². The summed E-state index contributed by atoms with van der Waals surface area (Å²) in [6, 6.07) is 0.289. The maximum absolute atomic E-state index is 12.1. The molecule has 2 bridgehead atoms. The molecule has 1 aliphatic heterocycles. The zero-order chi connectivity index (χ0) is 31.4. The Kier molecular flexibility index (Phi) is 28.6. The summed E-state index contributed by atoms with van der Waals surface area (Å²) in [7, 11) is 0. The fraction of sp³-hybridized carbons (Fsp3) is 0.577. The van der Waals surface area contributed by atoms with Crippen molar-refractivity contribution in [3.8, 4) is 0 Å². The van der Waals surface area contributed by atoms with E-state index in [9.17, 15) is 59.4 Å². The van der Waals surface area contributed by atoms with Gasteiger partial charge in [0.15, 0.2) is 0 Å². The Bertz CT molecular complexity index is 1100. The Balaban J connectivity index is -0.00000462. The fourth-order valence-corrected chi connectivity index (χ4v) is 4.86. The summed E-state index contributed by atoms with van der Waals surface area (Å²) >= 11 is 0. The van der Waals surface area contributed by atoms with Gasteiger partial charge < -0.3 is 59.4 Å². The number of hydrogen-bond donors (Lipinski definition) is 0. The van der Waals surface area contributed by atoms with Gasteiger partial charge in [-0.3, -0.25) is 19.7 Å². The van der Waals surface area contributed by atoms with Gasteiger partial charge >= 0.3 is 129 Å². The first-order valence-corrected chi connectivity index (χ1v) is 13.2. The molecule has 16 nitrogen and oxygen atoms in total. The molecule has 46 heavy (non-hydrogen) atoms. The second kappa shape index (κ2) is 26.0. The molecule has 1 radical (unpaired) electrons. The molecule has 20 heteroatoms. The van der Waals surface area contributed by atoms with Crippen molar-refractivity contribution in [2.75, 3.05) is 26.2 Å². The van der Waals surface area contributed by atoms with Crippen molar-refractivity contribution in [3.05, 3.63) is 29.6 Å². The topological polar surface area (TPSA) is 263 Å². The number of hydrogen-bond acceptors (Lipinski definition) is 16. The van der Waals surface area contributed by atoms with Crippen molar-refractivity contribution in [1.29, 1.82) is 0 Å². The Labute approximate surface area is 364 Å². The van der Waals surface area contributed by atoms with Gasteiger partial charge in [0.05, 0.1) is 41.4 Å². The normalized spacial score (nSPS) is 16.1. The van der Waals surface area contributed by atoms with Crippen LogP contribution in [0.4, 0.5) is 0 Å². The van der Waals surface area contributed by atoms with Crippen molar-refractivity contribution < 1.29 is 188 Å². The summed E-state index contributed by atoms with van der Waals surface area (Å²) in [6.07, 6.45) is -3.10. The summed E-state index contributed by atoms with van der Waals surface area (Å²) in [5.74, 6) is -9.32. The first kappa shape index (κ1) is 50.6. The van der Waals surface area contributed by atoms with E-state index in [-0.39, 0.29) is 168 Å². The van der Waals surface area contributed by atoms with Crippen LogP contribution in [0.25, 0.3) is 0 Å². The van der Waals surface area contributed by atoms with Crippen LogP contribution in [0.2, 0.25) is 0 Å². The molecule has 3 unspecified atom stereocenters. The van der Waals surface area contributed by atoms with Gasteiger partial charge in [-0.15, -0.1) is 0 Å². The van der Waals surface area contributed by atoms with Crippen molar-refractivity contribution in [3.63, 3.8) is 0 Å². The second-order valence-electron chi connectivity index (χ2n) is 9.83. The minimum Gasteiger partial charge on any atom is -0.550 e. The quantitative estimate of drug-likeness (QED) is 0.149. The predicted octanol–water partition coefficient (Wildman–Crippen LogP) is -17.0. The molecule has 3 atom stereocenters. The van der Waals surface area contributed by atoms with E-state index < -0.39 is 92.5 Å². The molecule has 0 saturated carbocycles. The average Bonchev–Trinajstić information content (AvgIpc) is 2.87. The molecule has 0 spiro atoms. The van der Waals surface area contributed by atoms with Gasteiger partial charge in [0.1, 0.15) is 0 Å². The van der Waals surface area contributed by atoms with Gasteiger partial charge in [-0.25, -0.2) is 0 Å². The minimum absolute atomic E-state index is 0. The summed E-state index contributed by atoms with van der Waals surface area (Å²) in [5, 5.41) is 69.3. The van der Waals surface area contributed by atoms with Crippen LogP contribution in [0.15, 0.2) is 18.2 Å². The minimum atomic E-state index is -1.64. The SMILES string of the molecule is O=C([O-])CCC(C(=O)[O-])N1CCN(C(CCC(=O)[O-])C(=O)[O-])Cc2cccc(n2)CN(C(CCC(=O)[O-])C(=O)[O-])CC1.[Gd+3].[Na+].[Na+].[Na+]. The van der Waals surface area contributed by atoms with Crippen molar-refractivity contribution in [2.45, 2.75) is 69.7 Å². The molecule has 2 heterocycles. The van der Waals surface area contributed by atoms with Crippen LogP contribution in [-0.2, 0) is 41.9 Å². The number of carboxylic acids is 6. The number of fused-ring (bicyclic) bond motifs is 2. The van der Waals surface area contributed by atoms with Crippen LogP contribution in [0, 0.1) is 39.9 Å². The Morgan fingerprint density at radius 3 is 1.13 bits per heavy atom. The van der Waals surface area contributed by atoms with Gasteiger partial charge in [-0.1, -0.05) is 6.07 Å². The molecule has 0 amide bonds. The molecule has 0 fully saturated rings. The van der Waals surface area contributed by atoms with E-state index in [1.54, 1.807) is 18.2 Å². The maximum Gasteiger partial charge on any atom is 3.00 e. The number of pyridine rings is 1. The largest absolute Gasteiger partial charge is 3.00 e. The average molecular weight is 817 g/mol. The maximum atomic E-state index is 12.1. The van der Waals surface area contributed by atoms with Gasteiger partial charge in [0.2, 0.25) is 0 Å². The molecule has 1 aromatic heterocycles. The third kappa shape index (κ3) is 18.2. The summed E-state index contributed by atoms with van der Waals surface area (Å²) in [4.78, 5) is 77.7. The van der Waals surface area contributed by atoms with Crippen LogP contribution < -0.4 is 119 Å². The van der Waals surface area contributed by atoms with E-state index in [0.717, 1.165) is 0 Å². The summed E-state index contributed by atoms with van der Waals surface area (Å²) < 4.78 is 0. The molecule has 237 valence electrons. The predicted molar refractivity (Wildman–Crippen MR) is 126 cm³/mol. The van der Waals surface area contributed by atoms with E-state index in [2.05, 4.69) is 4.98 Å². The molecule has 0 saturated heterocycles. The molecule has 2 rings (SSSR count). The molecule has 0 aromatic carbocycles. The van der Waals surface area contributed by atoms with Crippen molar-refractivity contribution in [2.24, 2.45) is 0 Å². The number of aromatic nitrogens is 1. The molecule has 0 aliphatic carbocycles. The Hall–Kier alpha value is 0.175. The number of nitrogens with zero attached hydrogens (tertiary/aromatic N) is 4. The number of carbonyl (C=O) groups is 6. The zero-order valence-electron chi connectivity index (χ0n) is 26.0. The monoisotopic (exact) mass is 817 g/mol. The first-order valence-electron chi connectivity index (χ1n) is 13.2. The molecule has 1 aliphatic rings. The third-order valence-electron chi connectivity index (χ3n) is 6.95. The van der Waals surface area contributed by atoms with Crippen molar-refractivity contribution >= 4 is 35.8 Å². The van der Waals surface area contributed by atoms with Gasteiger partial charge in [-0.2, -0.15) is 0 Å². The van der Waals surface area contributed by atoms with Crippen LogP contribution in [-0.4, -0.2) is 99.8 Å². The molecule has 1 aromatic rings. The smallest absolute Gasteiger partial charge is 0.550 e. The zero-order valence-corrected chi connectivity index (χ0v) is 34.3. The number of aliphatic carboxylic acids is 6. The number of carboxylic acid groups (broad SMARTS) is 6. The molecular formula is C26H30GdN4Na3O12. The fourth-order valence-electron chi connectivity index (χ4n) is 4.86. The first-order chi connectivity index (χ1) is 19.8. The van der Waals surface area contributed by atoms with Crippen LogP contribution in [0.1, 0.15) is 49.9 Å². The number of carbonyl (C=O) groups excluding carboxylic acids is 6. The summed E-state index contributed by atoms with van der Waals surface area (Å²) in [5.41, 5.74) is 0.625. The third-order valence-corrected chi connectivity index (χ3v) is 6.95. The van der Waals surface area contributed by atoms with Gasteiger partial charge in [0.25, 0.3) is 0 Å². The summed E-state index contributed by atoms with van der Waals surface area (Å²) in [6.45, 7) is -1.08. The number of rotatable bonds is 15. The molecule has 0 N–H and O–H groups in total. The van der Waals surface area contributed by atoms with Crippen molar-refractivity contribution in [1.82, 2.24) is 19.7 Å². The Morgan fingerprint density at radius 2 is 0.848 bits per heavy atom. The van der Waals surface area contributed by atoms with E-state index in [1.807, 2.05) is 0 Å². The molecular weight excluding hydrogens is 787 g/mol. The standard InChI is InChI=1S/C26H36N4O12.Gd.3Na/c31-21(32)7-4-18(24(37)38)28-10-12-29(19(25(39)40)5-8-22(33)34)14-16-2-1-3-17(27-16)15-30(13-11-28)20(26(41)42)6-9-23(35)36;;;;/h1-3,18-20H,4-15H2,(H,31,32)(H,33,34)(H,35,36)(H,37,38)(H,39,40)(H,41,42);;;;/q;+3;3*+1/p-6. The van der Waals surface area contributed by atoms with Gasteiger partial charge in [-0.05, 0) is 50.7 Å². The second-order valence-corrected chi connectivity index (χ2v) is 9.83.